The van der Waals surface area contributed by atoms with Gasteiger partial charge in [0.25, 0.3) is 0 Å². The molecule has 0 aliphatic carbocycles. The van der Waals surface area contributed by atoms with Crippen LogP contribution in [-0.2, 0) is 17.7 Å². The molecule has 0 saturated carbocycles. The maximum atomic E-state index is 11.7. The summed E-state index contributed by atoms with van der Waals surface area (Å²) >= 11 is 0. The van der Waals surface area contributed by atoms with Gasteiger partial charge >= 0.3 is 5.97 Å². The fourth-order valence-electron chi connectivity index (χ4n) is 3.54. The molecule has 1 fully saturated rings. The highest BCUT2D eigenvalue weighted by atomic mass is 35.5. The lowest BCUT2D eigenvalue weighted by molar-refractivity contribution is 0.0526. The van der Waals surface area contributed by atoms with Crippen molar-refractivity contribution >= 4 is 30.8 Å². The molecule has 0 N–H and O–H groups in total. The minimum Gasteiger partial charge on any atom is -0.462 e. The number of hydrogen-bond acceptors (Lipinski definition) is 4. The van der Waals surface area contributed by atoms with Gasteiger partial charge in [-0.1, -0.05) is 42.5 Å². The minimum atomic E-state index is -0.238. The van der Waals surface area contributed by atoms with Crippen LogP contribution in [0.3, 0.4) is 0 Å². The first-order chi connectivity index (χ1) is 13.2. The highest BCUT2D eigenvalue weighted by Crippen LogP contribution is 2.11. The summed E-state index contributed by atoms with van der Waals surface area (Å²) in [7, 11) is 0. The fraction of sp³-hybridized carbons (Fsp3) is 0.435. The predicted molar refractivity (Wildman–Crippen MR) is 123 cm³/mol. The Hall–Kier alpha value is -1.59. The van der Waals surface area contributed by atoms with Crippen molar-refractivity contribution in [2.45, 2.75) is 26.3 Å². The summed E-state index contributed by atoms with van der Waals surface area (Å²) in [5, 5.41) is 0. The molecular formula is C23H32Cl2N2O2. The highest BCUT2D eigenvalue weighted by Gasteiger charge is 2.16. The number of piperazine rings is 1. The first kappa shape index (κ1) is 25.4. The number of hydrogen-bond donors (Lipinski definition) is 0. The Labute approximate surface area is 187 Å². The third-order valence-corrected chi connectivity index (χ3v) is 5.12. The summed E-state index contributed by atoms with van der Waals surface area (Å²) < 4.78 is 5.02. The Kier molecular flexibility index (Phi) is 11.9. The number of benzene rings is 2. The summed E-state index contributed by atoms with van der Waals surface area (Å²) in [4.78, 5) is 16.8. The Morgan fingerprint density at radius 3 is 2.10 bits per heavy atom. The standard InChI is InChI=1S/C23H30N2O2.2ClH/c1-2-27-23(26)22-12-10-20(11-13-22)9-6-14-24-15-17-25(18-16-24)19-21-7-4-3-5-8-21;;/h3-5,7-8,10-13H,2,6,9,14-19H2,1H3;2*1H. The van der Waals surface area contributed by atoms with E-state index in [0.717, 1.165) is 52.1 Å². The van der Waals surface area contributed by atoms with Crippen LogP contribution < -0.4 is 0 Å². The van der Waals surface area contributed by atoms with Gasteiger partial charge in [-0.2, -0.15) is 0 Å². The van der Waals surface area contributed by atoms with Crippen LogP contribution >= 0.6 is 24.8 Å². The first-order valence-corrected chi connectivity index (χ1v) is 9.99. The average molecular weight is 439 g/mol. The van der Waals surface area contributed by atoms with E-state index in [9.17, 15) is 4.79 Å². The molecule has 1 saturated heterocycles. The van der Waals surface area contributed by atoms with E-state index < -0.39 is 0 Å². The maximum absolute atomic E-state index is 11.7. The Bertz CT molecular complexity index is 703. The van der Waals surface area contributed by atoms with Crippen molar-refractivity contribution in [2.24, 2.45) is 0 Å². The largest absolute Gasteiger partial charge is 0.462 e. The van der Waals surface area contributed by atoms with Gasteiger partial charge in [0.2, 0.25) is 0 Å². The van der Waals surface area contributed by atoms with Crippen molar-refractivity contribution in [3.05, 3.63) is 71.3 Å². The average Bonchev–Trinajstić information content (AvgIpc) is 2.71. The zero-order valence-electron chi connectivity index (χ0n) is 17.1. The molecule has 1 aliphatic heterocycles. The van der Waals surface area contributed by atoms with Crippen LogP contribution in [0.2, 0.25) is 0 Å². The van der Waals surface area contributed by atoms with Crippen molar-refractivity contribution in [2.75, 3.05) is 39.3 Å². The zero-order chi connectivity index (χ0) is 18.9. The van der Waals surface area contributed by atoms with Gasteiger partial charge in [-0.3, -0.25) is 4.90 Å². The smallest absolute Gasteiger partial charge is 0.338 e. The quantitative estimate of drug-likeness (QED) is 0.569. The molecule has 0 bridgehead atoms. The van der Waals surface area contributed by atoms with Crippen LogP contribution in [0.25, 0.3) is 0 Å². The number of esters is 1. The van der Waals surface area contributed by atoms with Crippen LogP contribution in [0.4, 0.5) is 0 Å². The van der Waals surface area contributed by atoms with E-state index in [1.165, 1.54) is 11.1 Å². The fourth-order valence-corrected chi connectivity index (χ4v) is 3.54. The minimum absolute atomic E-state index is 0. The number of carbonyl (C=O) groups is 1. The van der Waals surface area contributed by atoms with Crippen molar-refractivity contribution in [1.82, 2.24) is 9.80 Å². The molecule has 0 unspecified atom stereocenters. The summed E-state index contributed by atoms with van der Waals surface area (Å²) in [5.74, 6) is -0.238. The van der Waals surface area contributed by atoms with Gasteiger partial charge < -0.3 is 9.64 Å². The first-order valence-electron chi connectivity index (χ1n) is 9.99. The molecule has 0 atom stereocenters. The second-order valence-corrected chi connectivity index (χ2v) is 7.12. The maximum Gasteiger partial charge on any atom is 0.338 e. The van der Waals surface area contributed by atoms with Gasteiger partial charge in [0.1, 0.15) is 0 Å². The summed E-state index contributed by atoms with van der Waals surface area (Å²) in [6, 6.07) is 18.6. The molecule has 2 aromatic rings. The van der Waals surface area contributed by atoms with Gasteiger partial charge in [-0.05, 0) is 49.6 Å². The molecule has 0 amide bonds. The number of ether oxygens (including phenoxy) is 1. The van der Waals surface area contributed by atoms with E-state index in [1.807, 2.05) is 31.2 Å². The van der Waals surface area contributed by atoms with E-state index >= 15 is 0 Å². The van der Waals surface area contributed by atoms with Gasteiger partial charge in [0.05, 0.1) is 12.2 Å². The lowest BCUT2D eigenvalue weighted by Gasteiger charge is -2.34. The van der Waals surface area contributed by atoms with E-state index in [-0.39, 0.29) is 30.8 Å². The molecule has 0 spiro atoms. The summed E-state index contributed by atoms with van der Waals surface area (Å²) in [6.07, 6.45) is 2.20. The molecule has 0 radical (unpaired) electrons. The SMILES string of the molecule is CCOC(=O)c1ccc(CCCN2CCN(Cc3ccccc3)CC2)cc1.Cl.Cl. The molecule has 2 aromatic carbocycles. The van der Waals surface area contributed by atoms with Crippen LogP contribution in [0.5, 0.6) is 0 Å². The topological polar surface area (TPSA) is 32.8 Å². The van der Waals surface area contributed by atoms with E-state index in [0.29, 0.717) is 12.2 Å². The lowest BCUT2D eigenvalue weighted by atomic mass is 10.1. The molecule has 6 heteroatoms. The number of rotatable bonds is 8. The van der Waals surface area contributed by atoms with Crippen LogP contribution in [0, 0.1) is 0 Å². The van der Waals surface area contributed by atoms with Crippen LogP contribution in [-0.4, -0.2) is 55.1 Å². The predicted octanol–water partition coefficient (Wildman–Crippen LogP) is 4.46. The van der Waals surface area contributed by atoms with E-state index in [4.69, 9.17) is 4.74 Å². The lowest BCUT2D eigenvalue weighted by Crippen LogP contribution is -2.46. The number of aryl methyl sites for hydroxylation is 1. The third kappa shape index (κ3) is 8.35. The molecule has 29 heavy (non-hydrogen) atoms. The summed E-state index contributed by atoms with van der Waals surface area (Å²) in [5.41, 5.74) is 3.32. The second kappa shape index (κ2) is 13.6. The third-order valence-electron chi connectivity index (χ3n) is 5.12. The summed E-state index contributed by atoms with van der Waals surface area (Å²) in [6.45, 7) is 9.02. The van der Waals surface area contributed by atoms with Crippen molar-refractivity contribution in [3.8, 4) is 0 Å². The molecule has 0 aromatic heterocycles. The molecule has 3 rings (SSSR count). The Balaban J connectivity index is 0.00000210. The molecular weight excluding hydrogens is 407 g/mol. The Morgan fingerprint density at radius 1 is 0.862 bits per heavy atom. The van der Waals surface area contributed by atoms with Crippen molar-refractivity contribution < 1.29 is 9.53 Å². The van der Waals surface area contributed by atoms with Crippen molar-refractivity contribution in [1.29, 1.82) is 0 Å². The van der Waals surface area contributed by atoms with Gasteiger partial charge in [-0.15, -0.1) is 24.8 Å². The van der Waals surface area contributed by atoms with Gasteiger partial charge in [0, 0.05) is 32.7 Å². The molecule has 160 valence electrons. The highest BCUT2D eigenvalue weighted by molar-refractivity contribution is 5.89. The van der Waals surface area contributed by atoms with E-state index in [1.54, 1.807) is 0 Å². The van der Waals surface area contributed by atoms with Crippen LogP contribution in [0.15, 0.2) is 54.6 Å². The Morgan fingerprint density at radius 2 is 1.48 bits per heavy atom. The van der Waals surface area contributed by atoms with Crippen molar-refractivity contribution in [3.63, 3.8) is 0 Å². The van der Waals surface area contributed by atoms with E-state index in [2.05, 4.69) is 40.1 Å². The molecule has 1 aliphatic rings. The zero-order valence-corrected chi connectivity index (χ0v) is 18.7. The normalized spacial score (nSPS) is 14.5. The molecule has 4 nitrogen and oxygen atoms in total. The number of nitrogens with zero attached hydrogens (tertiary/aromatic N) is 2. The second-order valence-electron chi connectivity index (χ2n) is 7.12. The van der Waals surface area contributed by atoms with Gasteiger partial charge in [0.15, 0.2) is 0 Å². The van der Waals surface area contributed by atoms with Gasteiger partial charge in [-0.25, -0.2) is 4.79 Å². The molecule has 1 heterocycles. The van der Waals surface area contributed by atoms with Crippen LogP contribution in [0.1, 0.15) is 34.8 Å². The monoisotopic (exact) mass is 438 g/mol. The number of carbonyl (C=O) groups excluding carboxylic acids is 1. The number of halogens is 2.